The zero-order valence-corrected chi connectivity index (χ0v) is 13.7. The second-order valence-corrected chi connectivity index (χ2v) is 5.97. The summed E-state index contributed by atoms with van der Waals surface area (Å²) in [6.07, 6.45) is -0.630. The third-order valence-electron chi connectivity index (χ3n) is 2.70. The van der Waals surface area contributed by atoms with Crippen LogP contribution in [0.5, 0.6) is 5.75 Å². The molecule has 0 N–H and O–H groups in total. The van der Waals surface area contributed by atoms with E-state index in [0.29, 0.717) is 21.4 Å². The summed E-state index contributed by atoms with van der Waals surface area (Å²) in [7, 11) is 0. The van der Waals surface area contributed by atoms with Gasteiger partial charge in [-0.25, -0.2) is 0 Å². The lowest BCUT2D eigenvalue weighted by Crippen LogP contribution is -2.24. The molecule has 0 bridgehead atoms. The van der Waals surface area contributed by atoms with Gasteiger partial charge in [0.15, 0.2) is 6.10 Å². The van der Waals surface area contributed by atoms with Gasteiger partial charge in [0.05, 0.1) is 5.02 Å². The van der Waals surface area contributed by atoms with Crippen LogP contribution < -0.4 is 4.74 Å². The topological polar surface area (TPSA) is 26.3 Å². The first-order valence-electron chi connectivity index (χ1n) is 5.89. The Hall–Kier alpha value is -1.03. The van der Waals surface area contributed by atoms with Gasteiger partial charge in [-0.1, -0.05) is 39.1 Å². The van der Waals surface area contributed by atoms with E-state index in [-0.39, 0.29) is 5.78 Å². The van der Waals surface area contributed by atoms with E-state index in [0.717, 1.165) is 4.47 Å². The maximum atomic E-state index is 12.2. The summed E-state index contributed by atoms with van der Waals surface area (Å²) in [5.41, 5.74) is 0.551. The highest BCUT2D eigenvalue weighted by atomic mass is 79.9. The lowest BCUT2D eigenvalue weighted by molar-refractivity contribution is 0.0818. The number of carbonyl (C=O) groups is 1. The van der Waals surface area contributed by atoms with Crippen molar-refractivity contribution in [2.75, 3.05) is 0 Å². The molecule has 1 unspecified atom stereocenters. The summed E-state index contributed by atoms with van der Waals surface area (Å²) < 4.78 is 6.46. The van der Waals surface area contributed by atoms with Gasteiger partial charge >= 0.3 is 0 Å². The second kappa shape index (κ2) is 6.61. The molecule has 0 radical (unpaired) electrons. The summed E-state index contributed by atoms with van der Waals surface area (Å²) in [6.45, 7) is 1.69. The van der Waals surface area contributed by atoms with Crippen molar-refractivity contribution in [3.63, 3.8) is 0 Å². The number of ether oxygens (including phenoxy) is 1. The SMILES string of the molecule is CC(Oc1ccc(Br)cc1Cl)C(=O)c1ccc(Cl)cc1. The minimum absolute atomic E-state index is 0.124. The molecule has 2 aromatic carbocycles. The van der Waals surface area contributed by atoms with Crippen molar-refractivity contribution in [1.29, 1.82) is 0 Å². The molecule has 0 heterocycles. The van der Waals surface area contributed by atoms with Crippen LogP contribution in [0.3, 0.4) is 0 Å². The van der Waals surface area contributed by atoms with Gasteiger partial charge in [0, 0.05) is 15.1 Å². The molecule has 20 heavy (non-hydrogen) atoms. The first kappa shape index (κ1) is 15.4. The molecule has 2 nitrogen and oxygen atoms in total. The zero-order chi connectivity index (χ0) is 14.7. The van der Waals surface area contributed by atoms with Gasteiger partial charge in [-0.3, -0.25) is 4.79 Å². The van der Waals surface area contributed by atoms with E-state index in [9.17, 15) is 4.79 Å². The van der Waals surface area contributed by atoms with Crippen molar-refractivity contribution < 1.29 is 9.53 Å². The van der Waals surface area contributed by atoms with Crippen molar-refractivity contribution in [2.24, 2.45) is 0 Å². The average molecular weight is 374 g/mol. The number of hydrogen-bond donors (Lipinski definition) is 0. The normalized spacial score (nSPS) is 12.0. The van der Waals surface area contributed by atoms with E-state index in [1.165, 1.54) is 0 Å². The number of carbonyl (C=O) groups excluding carboxylic acids is 1. The third kappa shape index (κ3) is 3.75. The minimum Gasteiger partial charge on any atom is -0.481 e. The van der Waals surface area contributed by atoms with Crippen LogP contribution in [0.4, 0.5) is 0 Å². The average Bonchev–Trinajstić information content (AvgIpc) is 2.42. The number of benzene rings is 2. The second-order valence-electron chi connectivity index (χ2n) is 4.21. The van der Waals surface area contributed by atoms with Crippen LogP contribution in [0.15, 0.2) is 46.9 Å². The van der Waals surface area contributed by atoms with Crippen molar-refractivity contribution in [1.82, 2.24) is 0 Å². The Morgan fingerprint density at radius 1 is 1.15 bits per heavy atom. The van der Waals surface area contributed by atoms with Gasteiger partial charge < -0.3 is 4.74 Å². The molecule has 0 amide bonds. The molecule has 2 rings (SSSR count). The van der Waals surface area contributed by atoms with Gasteiger partial charge in [-0.2, -0.15) is 0 Å². The molecule has 0 aliphatic rings. The standard InChI is InChI=1S/C15H11BrCl2O2/c1-9(15(19)10-2-5-12(17)6-3-10)20-14-7-4-11(16)8-13(14)18/h2-9H,1H3. The Kier molecular flexibility index (Phi) is 5.08. The smallest absolute Gasteiger partial charge is 0.202 e. The number of ketones is 1. The first-order chi connectivity index (χ1) is 9.47. The minimum atomic E-state index is -0.630. The van der Waals surface area contributed by atoms with Crippen molar-refractivity contribution in [2.45, 2.75) is 13.0 Å². The van der Waals surface area contributed by atoms with E-state index < -0.39 is 6.10 Å². The quantitative estimate of drug-likeness (QED) is 0.670. The maximum Gasteiger partial charge on any atom is 0.202 e. The number of Topliss-reactive ketones (excluding diaryl/α,β-unsaturated/α-hetero) is 1. The third-order valence-corrected chi connectivity index (χ3v) is 3.74. The molecule has 0 aliphatic carbocycles. The lowest BCUT2D eigenvalue weighted by Gasteiger charge is -2.15. The van der Waals surface area contributed by atoms with Crippen LogP contribution in [-0.2, 0) is 0 Å². The fraction of sp³-hybridized carbons (Fsp3) is 0.133. The van der Waals surface area contributed by atoms with Crippen molar-refractivity contribution in [3.05, 3.63) is 62.5 Å². The molecular weight excluding hydrogens is 363 g/mol. The number of halogens is 3. The molecule has 0 fully saturated rings. The number of rotatable bonds is 4. The fourth-order valence-electron chi connectivity index (χ4n) is 1.66. The highest BCUT2D eigenvalue weighted by Gasteiger charge is 2.18. The summed E-state index contributed by atoms with van der Waals surface area (Å²) in [5, 5.41) is 1.04. The molecule has 0 spiro atoms. The predicted molar refractivity (Wildman–Crippen MR) is 85.0 cm³/mol. The lowest BCUT2D eigenvalue weighted by atomic mass is 10.1. The molecule has 0 saturated carbocycles. The molecule has 5 heteroatoms. The largest absolute Gasteiger partial charge is 0.481 e. The van der Waals surface area contributed by atoms with E-state index in [1.807, 2.05) is 0 Å². The Balaban J connectivity index is 2.13. The summed E-state index contributed by atoms with van der Waals surface area (Å²) in [6, 6.07) is 11.9. The highest BCUT2D eigenvalue weighted by molar-refractivity contribution is 9.10. The molecule has 0 saturated heterocycles. The van der Waals surface area contributed by atoms with E-state index in [4.69, 9.17) is 27.9 Å². The van der Waals surface area contributed by atoms with Crippen LogP contribution in [0.25, 0.3) is 0 Å². The van der Waals surface area contributed by atoms with Crippen molar-refractivity contribution >= 4 is 44.9 Å². The van der Waals surface area contributed by atoms with Crippen molar-refractivity contribution in [3.8, 4) is 5.75 Å². The fourth-order valence-corrected chi connectivity index (χ4v) is 2.51. The zero-order valence-electron chi connectivity index (χ0n) is 10.6. The van der Waals surface area contributed by atoms with Gasteiger partial charge in [0.1, 0.15) is 5.75 Å². The first-order valence-corrected chi connectivity index (χ1v) is 7.44. The van der Waals surface area contributed by atoms with Crippen LogP contribution in [0, 0.1) is 0 Å². The number of hydrogen-bond acceptors (Lipinski definition) is 2. The summed E-state index contributed by atoms with van der Waals surface area (Å²) >= 11 is 15.2. The maximum absolute atomic E-state index is 12.2. The molecule has 104 valence electrons. The molecular formula is C15H11BrCl2O2. The Morgan fingerprint density at radius 2 is 1.80 bits per heavy atom. The van der Waals surface area contributed by atoms with E-state index in [1.54, 1.807) is 49.4 Å². The van der Waals surface area contributed by atoms with Crippen LogP contribution in [0.1, 0.15) is 17.3 Å². The Bertz CT molecular complexity index is 626. The van der Waals surface area contributed by atoms with Gasteiger partial charge in [0.25, 0.3) is 0 Å². The summed E-state index contributed by atoms with van der Waals surface area (Å²) in [5.74, 6) is 0.352. The predicted octanol–water partition coefficient (Wildman–Crippen LogP) is 5.41. The van der Waals surface area contributed by atoms with Crippen LogP contribution in [-0.4, -0.2) is 11.9 Å². The van der Waals surface area contributed by atoms with Crippen LogP contribution in [0.2, 0.25) is 10.0 Å². The van der Waals surface area contributed by atoms with Crippen LogP contribution >= 0.6 is 39.1 Å². The van der Waals surface area contributed by atoms with E-state index >= 15 is 0 Å². The Labute approximate surface area is 135 Å². The Morgan fingerprint density at radius 3 is 2.40 bits per heavy atom. The molecule has 0 aromatic heterocycles. The van der Waals surface area contributed by atoms with Gasteiger partial charge in [0.2, 0.25) is 5.78 Å². The molecule has 1 atom stereocenters. The summed E-state index contributed by atoms with van der Waals surface area (Å²) in [4.78, 5) is 12.2. The van der Waals surface area contributed by atoms with Gasteiger partial charge in [-0.15, -0.1) is 0 Å². The monoisotopic (exact) mass is 372 g/mol. The molecule has 0 aliphatic heterocycles. The van der Waals surface area contributed by atoms with E-state index in [2.05, 4.69) is 15.9 Å². The van der Waals surface area contributed by atoms with Gasteiger partial charge in [-0.05, 0) is 49.4 Å². The molecule has 2 aromatic rings. The highest BCUT2D eigenvalue weighted by Crippen LogP contribution is 2.29.